The van der Waals surface area contributed by atoms with Crippen LogP contribution in [0.1, 0.15) is 62.3 Å². The maximum atomic E-state index is 12.6. The lowest BCUT2D eigenvalue weighted by atomic mass is 10.1. The Morgan fingerprint density at radius 2 is 0.667 bits per heavy atom. The first kappa shape index (κ1) is 19.9. The highest BCUT2D eigenvalue weighted by molar-refractivity contribution is 4.98. The summed E-state index contributed by atoms with van der Waals surface area (Å²) in [6.07, 6.45) is 0. The van der Waals surface area contributed by atoms with Crippen molar-refractivity contribution in [2.45, 2.75) is 78.9 Å². The molecule has 1 aromatic heterocycles. The van der Waals surface area contributed by atoms with Crippen LogP contribution in [0.25, 0.3) is 0 Å². The predicted molar refractivity (Wildman–Crippen MR) is 96.6 cm³/mol. The van der Waals surface area contributed by atoms with Crippen LogP contribution >= 0.6 is 0 Å². The fourth-order valence-corrected chi connectivity index (χ4v) is 1.84. The second kappa shape index (κ2) is 6.03. The van der Waals surface area contributed by atoms with Crippen molar-refractivity contribution in [3.63, 3.8) is 0 Å². The van der Waals surface area contributed by atoms with E-state index in [1.54, 1.807) is 0 Å². The minimum absolute atomic E-state index is 0.549. The van der Waals surface area contributed by atoms with Crippen LogP contribution in [0, 0.1) is 0 Å². The molecule has 24 heavy (non-hydrogen) atoms. The molecule has 0 fully saturated rings. The zero-order valence-electron chi connectivity index (χ0n) is 16.1. The Kier molecular flexibility index (Phi) is 4.99. The molecule has 1 heterocycles. The summed E-state index contributed by atoms with van der Waals surface area (Å²) in [7, 11) is 0. The van der Waals surface area contributed by atoms with Gasteiger partial charge in [-0.2, -0.15) is 14.0 Å². The lowest BCUT2D eigenvalue weighted by Gasteiger charge is -2.28. The molecule has 0 unspecified atom stereocenters. The van der Waals surface area contributed by atoms with E-state index in [1.165, 1.54) is 0 Å². The first-order valence-corrected chi connectivity index (χ1v) is 7.87. The molecule has 1 rings (SSSR count). The van der Waals surface area contributed by atoms with E-state index in [2.05, 4.69) is 16.3 Å². The minimum atomic E-state index is -0.776. The van der Waals surface area contributed by atoms with Crippen molar-refractivity contribution in [3.05, 3.63) is 31.5 Å². The molecule has 0 amide bonds. The van der Waals surface area contributed by atoms with Gasteiger partial charge in [0.05, 0.1) is 0 Å². The van der Waals surface area contributed by atoms with E-state index in [1.807, 2.05) is 62.3 Å². The molecule has 1 aromatic rings. The van der Waals surface area contributed by atoms with Gasteiger partial charge >= 0.3 is 17.1 Å². The van der Waals surface area contributed by atoms with Crippen molar-refractivity contribution in [1.82, 2.24) is 14.0 Å². The van der Waals surface area contributed by atoms with E-state index < -0.39 is 33.7 Å². The van der Waals surface area contributed by atoms with E-state index in [0.717, 1.165) is 14.0 Å². The highest BCUT2D eigenvalue weighted by Crippen LogP contribution is 2.01. The Morgan fingerprint density at radius 3 is 0.792 bits per heavy atom. The second-order valence-electron chi connectivity index (χ2n) is 8.94. The topological polar surface area (TPSA) is 102 Å². The van der Waals surface area contributed by atoms with Crippen LogP contribution in [0.4, 0.5) is 0 Å². The molecular formula is C15H30N6O3. The average molecular weight is 342 g/mol. The minimum Gasteiger partial charge on any atom is -0.312 e. The molecule has 0 aliphatic heterocycles. The molecular weight excluding hydrogens is 312 g/mol. The largest absolute Gasteiger partial charge is 0.374 e. The molecule has 0 radical (unpaired) electrons. The fourth-order valence-electron chi connectivity index (χ4n) is 1.84. The Balaban J connectivity index is 3.75. The SMILES string of the molecule is CC(C)(C)Nn1c(=O)n(NC(C)(C)C)c(=O)n(NC(C)(C)C)c1=O. The molecule has 0 atom stereocenters. The van der Waals surface area contributed by atoms with Crippen LogP contribution in [-0.2, 0) is 0 Å². The number of hydrogen-bond donors (Lipinski definition) is 3. The molecule has 138 valence electrons. The Hall–Kier alpha value is -2.19. The van der Waals surface area contributed by atoms with Crippen LogP contribution in [0.15, 0.2) is 14.4 Å². The van der Waals surface area contributed by atoms with Gasteiger partial charge in [-0.05, 0) is 62.3 Å². The van der Waals surface area contributed by atoms with Gasteiger partial charge in [0, 0.05) is 16.6 Å². The van der Waals surface area contributed by atoms with Gasteiger partial charge in [0.25, 0.3) is 0 Å². The summed E-state index contributed by atoms with van der Waals surface area (Å²) in [5.41, 5.74) is 4.51. The average Bonchev–Trinajstić information content (AvgIpc) is 2.32. The standard InChI is InChI=1S/C15H30N6O3/c1-13(2,3)16-19-10(22)20(17-14(4,5)6)12(24)21(11(19)23)18-15(7,8)9/h16-18H,1-9H3. The Morgan fingerprint density at radius 1 is 0.500 bits per heavy atom. The molecule has 9 heteroatoms. The first-order chi connectivity index (χ1) is 10.5. The second-order valence-corrected chi connectivity index (χ2v) is 8.94. The number of nitrogens with one attached hydrogen (secondary N) is 3. The highest BCUT2D eigenvalue weighted by atomic mass is 16.2. The summed E-state index contributed by atoms with van der Waals surface area (Å²) in [6.45, 7) is 16.3. The quantitative estimate of drug-likeness (QED) is 0.725. The maximum Gasteiger partial charge on any atom is 0.374 e. The highest BCUT2D eigenvalue weighted by Gasteiger charge is 2.23. The van der Waals surface area contributed by atoms with Gasteiger partial charge in [-0.15, -0.1) is 0 Å². The van der Waals surface area contributed by atoms with Crippen LogP contribution in [-0.4, -0.2) is 30.6 Å². The number of aromatic nitrogens is 3. The lowest BCUT2D eigenvalue weighted by Crippen LogP contribution is -2.65. The lowest BCUT2D eigenvalue weighted by molar-refractivity contribution is 0.431. The summed E-state index contributed by atoms with van der Waals surface area (Å²) in [5, 5.41) is 0. The van der Waals surface area contributed by atoms with E-state index in [9.17, 15) is 14.4 Å². The van der Waals surface area contributed by atoms with Crippen molar-refractivity contribution >= 4 is 0 Å². The third kappa shape index (κ3) is 5.17. The molecule has 0 aliphatic rings. The van der Waals surface area contributed by atoms with Gasteiger partial charge < -0.3 is 16.3 Å². The van der Waals surface area contributed by atoms with Crippen LogP contribution in [0.5, 0.6) is 0 Å². The van der Waals surface area contributed by atoms with Crippen molar-refractivity contribution in [2.24, 2.45) is 0 Å². The molecule has 0 saturated heterocycles. The van der Waals surface area contributed by atoms with Gasteiger partial charge in [-0.3, -0.25) is 0 Å². The molecule has 0 aromatic carbocycles. The van der Waals surface area contributed by atoms with Crippen molar-refractivity contribution in [1.29, 1.82) is 0 Å². The van der Waals surface area contributed by atoms with Gasteiger partial charge in [-0.25, -0.2) is 14.4 Å². The van der Waals surface area contributed by atoms with Gasteiger partial charge in [0.15, 0.2) is 0 Å². The van der Waals surface area contributed by atoms with E-state index >= 15 is 0 Å². The number of nitrogens with zero attached hydrogens (tertiary/aromatic N) is 3. The van der Waals surface area contributed by atoms with E-state index in [4.69, 9.17) is 0 Å². The van der Waals surface area contributed by atoms with Crippen molar-refractivity contribution in [3.8, 4) is 0 Å². The van der Waals surface area contributed by atoms with Crippen LogP contribution in [0.2, 0.25) is 0 Å². The molecule has 0 aliphatic carbocycles. The van der Waals surface area contributed by atoms with Gasteiger partial charge in [0.2, 0.25) is 0 Å². The predicted octanol–water partition coefficient (Wildman–Crippen LogP) is 0.198. The van der Waals surface area contributed by atoms with Crippen LogP contribution in [0.3, 0.4) is 0 Å². The molecule has 0 spiro atoms. The summed E-state index contributed by atoms with van der Waals surface area (Å²) in [4.78, 5) is 37.9. The van der Waals surface area contributed by atoms with E-state index in [0.29, 0.717) is 0 Å². The summed E-state index contributed by atoms with van der Waals surface area (Å²) in [6, 6.07) is 0. The third-order valence-electron chi connectivity index (χ3n) is 2.49. The summed E-state index contributed by atoms with van der Waals surface area (Å²) < 4.78 is 2.50. The number of hydrogen-bond acceptors (Lipinski definition) is 6. The van der Waals surface area contributed by atoms with E-state index in [-0.39, 0.29) is 0 Å². The fraction of sp³-hybridized carbons (Fsp3) is 0.800. The van der Waals surface area contributed by atoms with Crippen molar-refractivity contribution in [2.75, 3.05) is 16.3 Å². The van der Waals surface area contributed by atoms with Crippen LogP contribution < -0.4 is 33.3 Å². The summed E-state index contributed by atoms with van der Waals surface area (Å²) in [5.74, 6) is 0. The van der Waals surface area contributed by atoms with Gasteiger partial charge in [-0.1, -0.05) is 0 Å². The molecule has 3 N–H and O–H groups in total. The molecule has 0 bridgehead atoms. The monoisotopic (exact) mass is 342 g/mol. The third-order valence-corrected chi connectivity index (χ3v) is 2.49. The first-order valence-electron chi connectivity index (χ1n) is 7.87. The zero-order valence-corrected chi connectivity index (χ0v) is 16.1. The Bertz CT molecular complexity index is 630. The molecule has 0 saturated carbocycles. The summed E-state index contributed by atoms with van der Waals surface area (Å²) >= 11 is 0. The van der Waals surface area contributed by atoms with Gasteiger partial charge in [0.1, 0.15) is 0 Å². The normalized spacial score (nSPS) is 12.9. The smallest absolute Gasteiger partial charge is 0.312 e. The number of rotatable bonds is 3. The van der Waals surface area contributed by atoms with Crippen molar-refractivity contribution < 1.29 is 0 Å². The Labute approximate surface area is 141 Å². The zero-order chi connectivity index (χ0) is 19.1. The maximum absolute atomic E-state index is 12.6. The molecule has 9 nitrogen and oxygen atoms in total.